The zero-order chi connectivity index (χ0) is 29.9. The molecular formula is C28H38F2N4O5S. The molecule has 0 saturated heterocycles. The molecule has 2 aromatic rings. The van der Waals surface area contributed by atoms with Crippen molar-refractivity contribution in [1.82, 2.24) is 4.90 Å². The summed E-state index contributed by atoms with van der Waals surface area (Å²) < 4.78 is 63.5. The summed E-state index contributed by atoms with van der Waals surface area (Å²) in [5, 5.41) is 0. The number of rotatable bonds is 7. The SMILES string of the molecule is CN=S1(=O)C[C@@](C)(c2cc(N)ccc2F)N=C(N(COCCOC)C(=O)OC(C)(C)C)[C@@]1(C)c1ccc(F)cc1. The van der Waals surface area contributed by atoms with Gasteiger partial charge in [-0.05, 0) is 70.5 Å². The number of methoxy groups -OCH3 is 1. The zero-order valence-corrected chi connectivity index (χ0v) is 24.8. The van der Waals surface area contributed by atoms with Crippen LogP contribution >= 0.6 is 0 Å². The molecule has 0 saturated carbocycles. The Morgan fingerprint density at radius 2 is 1.80 bits per heavy atom. The molecule has 0 aromatic heterocycles. The Balaban J connectivity index is 2.38. The summed E-state index contributed by atoms with van der Waals surface area (Å²) in [7, 11) is -0.484. The summed E-state index contributed by atoms with van der Waals surface area (Å²) in [4.78, 5) is 19.8. The fourth-order valence-corrected chi connectivity index (χ4v) is 7.31. The molecule has 3 atom stereocenters. The minimum Gasteiger partial charge on any atom is -0.443 e. The van der Waals surface area contributed by atoms with Gasteiger partial charge in [-0.2, -0.15) is 0 Å². The number of nitrogens with two attached hydrogens (primary N) is 1. The molecule has 0 fully saturated rings. The van der Waals surface area contributed by atoms with E-state index in [4.69, 9.17) is 24.9 Å². The molecule has 1 amide bonds. The summed E-state index contributed by atoms with van der Waals surface area (Å²) in [6.45, 7) is 8.37. The number of hydrogen-bond donors (Lipinski definition) is 1. The first-order valence-corrected chi connectivity index (χ1v) is 14.4. The van der Waals surface area contributed by atoms with Crippen LogP contribution in [0.4, 0.5) is 19.3 Å². The number of anilines is 1. The molecule has 1 unspecified atom stereocenters. The first kappa shape index (κ1) is 31.4. The average Bonchev–Trinajstić information content (AvgIpc) is 2.87. The van der Waals surface area contributed by atoms with Gasteiger partial charge in [-0.3, -0.25) is 4.99 Å². The quantitative estimate of drug-likeness (QED) is 0.279. The molecule has 3 rings (SSSR count). The third kappa shape index (κ3) is 6.29. The van der Waals surface area contributed by atoms with Crippen LogP contribution in [0, 0.1) is 11.6 Å². The third-order valence-corrected chi connectivity index (χ3v) is 9.91. The Labute approximate surface area is 234 Å². The minimum atomic E-state index is -3.39. The number of aliphatic imine (C=N–C) groups is 1. The van der Waals surface area contributed by atoms with Gasteiger partial charge in [0.2, 0.25) is 0 Å². The predicted octanol–water partition coefficient (Wildman–Crippen LogP) is 5.05. The third-order valence-electron chi connectivity index (χ3n) is 6.68. The lowest BCUT2D eigenvalue weighted by Gasteiger charge is -2.46. The Morgan fingerprint density at radius 3 is 2.38 bits per heavy atom. The molecule has 2 aromatic carbocycles. The Kier molecular flexibility index (Phi) is 9.27. The van der Waals surface area contributed by atoms with Crippen molar-refractivity contribution in [1.29, 1.82) is 0 Å². The van der Waals surface area contributed by atoms with Crippen LogP contribution in [-0.4, -0.2) is 66.5 Å². The maximum Gasteiger partial charge on any atom is 0.417 e. The van der Waals surface area contributed by atoms with Crippen molar-refractivity contribution >= 4 is 27.3 Å². The van der Waals surface area contributed by atoms with Crippen LogP contribution < -0.4 is 5.73 Å². The van der Waals surface area contributed by atoms with Crippen molar-refractivity contribution in [3.63, 3.8) is 0 Å². The summed E-state index contributed by atoms with van der Waals surface area (Å²) in [6, 6.07) is 9.45. The molecule has 2 N–H and O–H groups in total. The van der Waals surface area contributed by atoms with Gasteiger partial charge in [-0.25, -0.2) is 27.0 Å². The first-order valence-electron chi connectivity index (χ1n) is 12.7. The van der Waals surface area contributed by atoms with Crippen LogP contribution in [0.3, 0.4) is 0 Å². The number of nitrogen functional groups attached to an aromatic ring is 1. The number of halogens is 2. The number of nitrogens with zero attached hydrogens (tertiary/aromatic N) is 3. The van der Waals surface area contributed by atoms with Gasteiger partial charge in [0.1, 0.15) is 40.1 Å². The van der Waals surface area contributed by atoms with Crippen LogP contribution in [0.2, 0.25) is 0 Å². The van der Waals surface area contributed by atoms with E-state index in [0.717, 1.165) is 4.90 Å². The number of amidine groups is 1. The first-order chi connectivity index (χ1) is 18.6. The second kappa shape index (κ2) is 11.8. The van der Waals surface area contributed by atoms with E-state index < -0.39 is 43.3 Å². The highest BCUT2D eigenvalue weighted by Gasteiger charge is 2.55. The van der Waals surface area contributed by atoms with Crippen LogP contribution in [-0.2, 0) is 34.2 Å². The fraction of sp³-hybridized carbons (Fsp3) is 0.500. The number of carbonyl (C=O) groups excluding carboxylic acids is 1. The van der Waals surface area contributed by atoms with Gasteiger partial charge < -0.3 is 19.9 Å². The van der Waals surface area contributed by atoms with Crippen molar-refractivity contribution in [2.75, 3.05) is 45.6 Å². The van der Waals surface area contributed by atoms with Gasteiger partial charge in [0.15, 0.2) is 0 Å². The summed E-state index contributed by atoms with van der Waals surface area (Å²) in [5.41, 5.74) is 4.40. The second-order valence-electron chi connectivity index (χ2n) is 10.9. The minimum absolute atomic E-state index is 0.0306. The molecule has 1 heterocycles. The van der Waals surface area contributed by atoms with Crippen molar-refractivity contribution in [3.8, 4) is 0 Å². The van der Waals surface area contributed by atoms with E-state index >= 15 is 4.39 Å². The van der Waals surface area contributed by atoms with Crippen molar-refractivity contribution in [3.05, 3.63) is 65.2 Å². The summed E-state index contributed by atoms with van der Waals surface area (Å²) in [5.74, 6) is -1.35. The van der Waals surface area contributed by atoms with Crippen molar-refractivity contribution in [2.24, 2.45) is 9.36 Å². The number of amides is 1. The van der Waals surface area contributed by atoms with E-state index in [2.05, 4.69) is 4.36 Å². The van der Waals surface area contributed by atoms with Gasteiger partial charge in [0, 0.05) is 25.4 Å². The predicted molar refractivity (Wildman–Crippen MR) is 151 cm³/mol. The summed E-state index contributed by atoms with van der Waals surface area (Å²) >= 11 is 0. The van der Waals surface area contributed by atoms with E-state index in [0.29, 0.717) is 5.56 Å². The molecule has 0 spiro atoms. The molecule has 1 aliphatic heterocycles. The number of hydrogen-bond acceptors (Lipinski definition) is 8. The van der Waals surface area contributed by atoms with E-state index in [1.165, 1.54) is 56.6 Å². The van der Waals surface area contributed by atoms with Crippen LogP contribution in [0.1, 0.15) is 45.7 Å². The lowest BCUT2D eigenvalue weighted by molar-refractivity contribution is -0.00319. The molecule has 9 nitrogen and oxygen atoms in total. The average molecular weight is 581 g/mol. The highest BCUT2D eigenvalue weighted by molar-refractivity contribution is 7.95. The Hall–Kier alpha value is -3.09. The van der Waals surface area contributed by atoms with E-state index in [1.807, 2.05) is 0 Å². The molecule has 0 bridgehead atoms. The maximum absolute atomic E-state index is 15.3. The second-order valence-corrected chi connectivity index (χ2v) is 13.6. The van der Waals surface area contributed by atoms with Gasteiger partial charge in [0.25, 0.3) is 0 Å². The monoisotopic (exact) mass is 580 g/mol. The number of carbonyl (C=O) groups is 1. The number of benzene rings is 2. The molecule has 12 heteroatoms. The molecular weight excluding hydrogens is 542 g/mol. The number of ether oxygens (including phenoxy) is 3. The van der Waals surface area contributed by atoms with Crippen molar-refractivity contribution < 1.29 is 32.0 Å². The Morgan fingerprint density at radius 1 is 1.15 bits per heavy atom. The molecule has 40 heavy (non-hydrogen) atoms. The van der Waals surface area contributed by atoms with Gasteiger partial charge in [-0.15, -0.1) is 0 Å². The highest BCUT2D eigenvalue weighted by Crippen LogP contribution is 2.46. The molecule has 0 aliphatic carbocycles. The summed E-state index contributed by atoms with van der Waals surface area (Å²) in [6.07, 6.45) is -0.827. The maximum atomic E-state index is 15.3. The lowest BCUT2D eigenvalue weighted by atomic mass is 9.91. The van der Waals surface area contributed by atoms with Gasteiger partial charge in [0.05, 0.1) is 28.7 Å². The molecule has 1 aliphatic rings. The zero-order valence-electron chi connectivity index (χ0n) is 24.0. The van der Waals surface area contributed by atoms with Crippen molar-refractivity contribution in [2.45, 2.75) is 50.5 Å². The standard InChI is InChI=1S/C28H38F2N4O5S/c1-26(2,3)39-25(35)34(18-38-15-14-37-7)24-28(5,19-8-10-20(29)11-9-19)40(36,32-6)17-27(4,33-24)22-16-21(31)12-13-23(22)30/h8-13,16H,14-15,17-18,31H2,1-7H3/t27-,28+,40?/m0/s1. The van der Waals surface area contributed by atoms with Gasteiger partial charge in [-0.1, -0.05) is 12.1 Å². The normalized spacial score (nSPS) is 24.8. The molecule has 220 valence electrons. The van der Waals surface area contributed by atoms with Crippen LogP contribution in [0.5, 0.6) is 0 Å². The largest absolute Gasteiger partial charge is 0.443 e. The van der Waals surface area contributed by atoms with E-state index in [9.17, 15) is 13.4 Å². The Bertz CT molecular complexity index is 1390. The van der Waals surface area contributed by atoms with Gasteiger partial charge >= 0.3 is 6.09 Å². The van der Waals surface area contributed by atoms with Crippen LogP contribution in [0.25, 0.3) is 0 Å². The lowest BCUT2D eigenvalue weighted by Crippen LogP contribution is -2.59. The molecule has 0 radical (unpaired) electrons. The topological polar surface area (TPSA) is 116 Å². The smallest absolute Gasteiger partial charge is 0.417 e. The van der Waals surface area contributed by atoms with Crippen LogP contribution in [0.15, 0.2) is 51.8 Å². The van der Waals surface area contributed by atoms with E-state index in [1.54, 1.807) is 34.6 Å². The fourth-order valence-electron chi connectivity index (χ4n) is 4.60. The highest BCUT2D eigenvalue weighted by atomic mass is 32.2. The van der Waals surface area contributed by atoms with E-state index in [-0.39, 0.29) is 42.8 Å².